The van der Waals surface area contributed by atoms with E-state index in [1.165, 1.54) is 0 Å². The summed E-state index contributed by atoms with van der Waals surface area (Å²) in [6, 6.07) is 10.2. The summed E-state index contributed by atoms with van der Waals surface area (Å²) < 4.78 is 0. The normalized spacial score (nSPS) is 11.2. The van der Waals surface area contributed by atoms with E-state index in [2.05, 4.69) is 15.6 Å². The number of benzene rings is 2. The average Bonchev–Trinajstić information content (AvgIpc) is 2.47. The molecule has 5 nitrogen and oxygen atoms in total. The Balaban J connectivity index is 2.12. The molecule has 0 atom stereocenters. The van der Waals surface area contributed by atoms with Crippen molar-refractivity contribution in [2.24, 2.45) is 10.7 Å². The van der Waals surface area contributed by atoms with Gasteiger partial charge in [-0.15, -0.1) is 0 Å². The first-order chi connectivity index (χ1) is 10.9. The third kappa shape index (κ3) is 4.37. The van der Waals surface area contributed by atoms with Gasteiger partial charge in [-0.2, -0.15) is 0 Å². The molecule has 7 heteroatoms. The fraction of sp³-hybridized carbons (Fsp3) is 0.125. The van der Waals surface area contributed by atoms with Crippen molar-refractivity contribution in [2.75, 3.05) is 5.32 Å². The molecule has 0 spiro atoms. The van der Waals surface area contributed by atoms with Gasteiger partial charge in [0, 0.05) is 5.69 Å². The molecule has 0 fully saturated rings. The lowest BCUT2D eigenvalue weighted by atomic mass is 10.1. The number of aliphatic imine (C=N–C) groups is 1. The van der Waals surface area contributed by atoms with Crippen LogP contribution in [0.15, 0.2) is 41.4 Å². The maximum Gasteiger partial charge on any atom is 0.326 e. The molecule has 0 heterocycles. The Bertz CT molecular complexity index is 734. The zero-order valence-corrected chi connectivity index (χ0v) is 14.2. The number of hydrogen-bond acceptors (Lipinski definition) is 2. The van der Waals surface area contributed by atoms with E-state index in [1.54, 1.807) is 18.2 Å². The van der Waals surface area contributed by atoms with Crippen molar-refractivity contribution < 1.29 is 4.79 Å². The highest BCUT2D eigenvalue weighted by Gasteiger charge is 2.09. The van der Waals surface area contributed by atoms with E-state index in [0.717, 1.165) is 16.8 Å². The molecular formula is C16H16Cl2N4O. The first-order valence-electron chi connectivity index (χ1n) is 6.81. The third-order valence-corrected chi connectivity index (χ3v) is 3.74. The van der Waals surface area contributed by atoms with Gasteiger partial charge in [0.25, 0.3) is 0 Å². The molecular weight excluding hydrogens is 335 g/mol. The van der Waals surface area contributed by atoms with Crippen molar-refractivity contribution >= 4 is 46.6 Å². The van der Waals surface area contributed by atoms with Crippen LogP contribution in [0.2, 0.25) is 10.0 Å². The average molecular weight is 351 g/mol. The maximum atomic E-state index is 12.0. The summed E-state index contributed by atoms with van der Waals surface area (Å²) in [5.74, 6) is -0.108. The number of nitrogens with one attached hydrogen (secondary N) is 2. The van der Waals surface area contributed by atoms with Crippen molar-refractivity contribution in [1.29, 1.82) is 0 Å². The van der Waals surface area contributed by atoms with Gasteiger partial charge in [0.15, 0.2) is 0 Å². The smallest absolute Gasteiger partial charge is 0.326 e. The number of anilines is 1. The van der Waals surface area contributed by atoms with Gasteiger partial charge < -0.3 is 11.1 Å². The fourth-order valence-electron chi connectivity index (χ4n) is 2.02. The van der Waals surface area contributed by atoms with Crippen LogP contribution in [0.1, 0.15) is 11.1 Å². The number of guanidine groups is 1. The number of carbonyl (C=O) groups is 1. The Morgan fingerprint density at radius 2 is 1.57 bits per heavy atom. The number of aryl methyl sites for hydroxylation is 2. The van der Waals surface area contributed by atoms with Crippen LogP contribution in [0.4, 0.5) is 16.2 Å². The second kappa shape index (κ2) is 7.35. The summed E-state index contributed by atoms with van der Waals surface area (Å²) in [6.07, 6.45) is 0. The first-order valence-corrected chi connectivity index (χ1v) is 7.56. The van der Waals surface area contributed by atoms with Crippen LogP contribution in [0, 0.1) is 13.8 Å². The number of carbonyl (C=O) groups excluding carboxylic acids is 1. The largest absolute Gasteiger partial charge is 0.369 e. The molecule has 0 saturated carbocycles. The Morgan fingerprint density at radius 1 is 1.04 bits per heavy atom. The van der Waals surface area contributed by atoms with Crippen LogP contribution >= 0.6 is 23.2 Å². The van der Waals surface area contributed by atoms with E-state index >= 15 is 0 Å². The number of rotatable bonds is 2. The van der Waals surface area contributed by atoms with Gasteiger partial charge in [0.05, 0.1) is 10.0 Å². The molecule has 120 valence electrons. The Kier molecular flexibility index (Phi) is 5.47. The van der Waals surface area contributed by atoms with Gasteiger partial charge in [-0.3, -0.25) is 5.32 Å². The van der Waals surface area contributed by atoms with Crippen molar-refractivity contribution in [3.63, 3.8) is 0 Å². The van der Waals surface area contributed by atoms with E-state index in [-0.39, 0.29) is 5.96 Å². The second-order valence-corrected chi connectivity index (χ2v) is 5.73. The van der Waals surface area contributed by atoms with E-state index in [9.17, 15) is 4.79 Å². The quantitative estimate of drug-likeness (QED) is 0.555. The van der Waals surface area contributed by atoms with Crippen LogP contribution in [0.25, 0.3) is 0 Å². The number of nitrogens with two attached hydrogens (primary N) is 1. The highest BCUT2D eigenvalue weighted by Crippen LogP contribution is 2.32. The van der Waals surface area contributed by atoms with Gasteiger partial charge in [-0.25, -0.2) is 9.79 Å². The lowest BCUT2D eigenvalue weighted by Crippen LogP contribution is -2.39. The molecule has 2 aromatic rings. The van der Waals surface area contributed by atoms with Gasteiger partial charge in [0.2, 0.25) is 5.96 Å². The molecule has 0 bridgehead atoms. The topological polar surface area (TPSA) is 79.5 Å². The number of nitrogens with zero attached hydrogens (tertiary/aromatic N) is 1. The van der Waals surface area contributed by atoms with Gasteiger partial charge in [0.1, 0.15) is 5.69 Å². The molecule has 0 unspecified atom stereocenters. The molecule has 2 amide bonds. The zero-order chi connectivity index (χ0) is 17.0. The number of halogens is 2. The van der Waals surface area contributed by atoms with Gasteiger partial charge in [-0.05, 0) is 37.1 Å². The second-order valence-electron chi connectivity index (χ2n) is 4.91. The molecule has 4 N–H and O–H groups in total. The highest BCUT2D eigenvalue weighted by atomic mass is 35.5. The predicted octanol–water partition coefficient (Wildman–Crippen LogP) is 4.38. The number of hydrogen-bond donors (Lipinski definition) is 3. The summed E-state index contributed by atoms with van der Waals surface area (Å²) in [6.45, 7) is 3.81. The highest BCUT2D eigenvalue weighted by molar-refractivity contribution is 6.38. The molecule has 0 radical (unpaired) electrons. The molecule has 2 rings (SSSR count). The Labute approximate surface area is 144 Å². The third-order valence-electron chi connectivity index (χ3n) is 3.13. The Morgan fingerprint density at radius 3 is 2.13 bits per heavy atom. The minimum Gasteiger partial charge on any atom is -0.369 e. The zero-order valence-electron chi connectivity index (χ0n) is 12.7. The first kappa shape index (κ1) is 17.1. The molecule has 0 aliphatic rings. The van der Waals surface area contributed by atoms with E-state index in [4.69, 9.17) is 28.9 Å². The van der Waals surface area contributed by atoms with Crippen LogP contribution < -0.4 is 16.4 Å². The number of amides is 2. The van der Waals surface area contributed by atoms with Gasteiger partial charge in [-0.1, -0.05) is 47.5 Å². The SMILES string of the molecule is Cc1cccc(C)c1NC(=O)N/C(N)=N/c1c(Cl)cccc1Cl. The molecule has 0 aromatic heterocycles. The minimum atomic E-state index is -0.494. The van der Waals surface area contributed by atoms with Crippen molar-refractivity contribution in [2.45, 2.75) is 13.8 Å². The molecule has 0 aliphatic heterocycles. The summed E-state index contributed by atoms with van der Waals surface area (Å²) >= 11 is 12.0. The Hall–Kier alpha value is -2.24. The predicted molar refractivity (Wildman–Crippen MR) is 95.8 cm³/mol. The summed E-state index contributed by atoms with van der Waals surface area (Å²) in [5, 5.41) is 5.88. The molecule has 2 aromatic carbocycles. The molecule has 0 aliphatic carbocycles. The fourth-order valence-corrected chi connectivity index (χ4v) is 2.50. The van der Waals surface area contributed by atoms with Crippen molar-refractivity contribution in [3.8, 4) is 0 Å². The van der Waals surface area contributed by atoms with E-state index in [0.29, 0.717) is 15.7 Å². The number of para-hydroxylation sites is 2. The van der Waals surface area contributed by atoms with Crippen LogP contribution in [-0.4, -0.2) is 12.0 Å². The lowest BCUT2D eigenvalue weighted by molar-refractivity contribution is 0.256. The van der Waals surface area contributed by atoms with Crippen LogP contribution in [0.5, 0.6) is 0 Å². The minimum absolute atomic E-state index is 0.108. The monoisotopic (exact) mass is 350 g/mol. The molecule has 0 saturated heterocycles. The summed E-state index contributed by atoms with van der Waals surface area (Å²) in [7, 11) is 0. The number of urea groups is 1. The van der Waals surface area contributed by atoms with E-state index in [1.807, 2.05) is 32.0 Å². The summed E-state index contributed by atoms with van der Waals surface area (Å²) in [5.41, 5.74) is 8.67. The maximum absolute atomic E-state index is 12.0. The molecule has 23 heavy (non-hydrogen) atoms. The van der Waals surface area contributed by atoms with Crippen LogP contribution in [-0.2, 0) is 0 Å². The van der Waals surface area contributed by atoms with Crippen molar-refractivity contribution in [3.05, 3.63) is 57.6 Å². The lowest BCUT2D eigenvalue weighted by Gasteiger charge is -2.12. The van der Waals surface area contributed by atoms with Gasteiger partial charge >= 0.3 is 6.03 Å². The van der Waals surface area contributed by atoms with Crippen molar-refractivity contribution in [1.82, 2.24) is 5.32 Å². The van der Waals surface area contributed by atoms with E-state index < -0.39 is 6.03 Å². The summed E-state index contributed by atoms with van der Waals surface area (Å²) in [4.78, 5) is 16.1. The standard InChI is InChI=1S/C16H16Cl2N4O/c1-9-5-3-6-10(2)13(9)21-16(23)22-15(19)20-14-11(17)7-4-8-12(14)18/h3-8H,1-2H3,(H4,19,20,21,22,23). The van der Waals surface area contributed by atoms with Crippen LogP contribution in [0.3, 0.4) is 0 Å².